The van der Waals surface area contributed by atoms with Crippen molar-refractivity contribution in [3.8, 4) is 0 Å². The molecule has 4 rings (SSSR count). The van der Waals surface area contributed by atoms with Crippen molar-refractivity contribution in [1.82, 2.24) is 5.32 Å². The van der Waals surface area contributed by atoms with Crippen molar-refractivity contribution in [3.63, 3.8) is 0 Å². The highest BCUT2D eigenvalue weighted by Crippen LogP contribution is 2.35. The first-order valence-electron chi connectivity index (χ1n) is 9.47. The molecule has 2 heterocycles. The summed E-state index contributed by atoms with van der Waals surface area (Å²) < 4.78 is 11.7. The number of nitrogens with one attached hydrogen (secondary N) is 1. The van der Waals surface area contributed by atoms with Gasteiger partial charge in [-0.2, -0.15) is 0 Å². The number of carbonyl (C=O) groups is 2. The van der Waals surface area contributed by atoms with Crippen molar-refractivity contribution in [2.75, 3.05) is 13.2 Å². The van der Waals surface area contributed by atoms with Gasteiger partial charge < -0.3 is 14.8 Å². The molecule has 1 aromatic carbocycles. The van der Waals surface area contributed by atoms with Crippen LogP contribution in [0.4, 0.5) is 0 Å². The molecule has 5 heteroatoms. The molecule has 3 fully saturated rings. The van der Waals surface area contributed by atoms with E-state index in [2.05, 4.69) is 5.32 Å². The van der Waals surface area contributed by atoms with Crippen molar-refractivity contribution >= 4 is 17.8 Å². The van der Waals surface area contributed by atoms with Crippen LogP contribution in [0.2, 0.25) is 0 Å². The quantitative estimate of drug-likeness (QED) is 0.815. The number of amides is 1. The van der Waals surface area contributed by atoms with Gasteiger partial charge in [0, 0.05) is 24.7 Å². The van der Waals surface area contributed by atoms with E-state index in [4.69, 9.17) is 9.47 Å². The lowest BCUT2D eigenvalue weighted by molar-refractivity contribution is -0.123. The maximum Gasteiger partial charge on any atom is 0.223 e. The molecule has 26 heavy (non-hydrogen) atoms. The standard InChI is InChI=1S/C21H25NO4/c23-17(8-4-7-14-5-2-1-3-6-14)11-16-12-25-20-18(13-26-19(16)20)22-21(24)15-9-10-15/h1-7,15-16,18-20H,8-13H2,(H,22,24)/b7-4+/t16-,18-,19+,20+/m0/s1. The van der Waals surface area contributed by atoms with E-state index in [0.29, 0.717) is 26.1 Å². The lowest BCUT2D eigenvalue weighted by Crippen LogP contribution is -2.44. The van der Waals surface area contributed by atoms with Gasteiger partial charge in [-0.1, -0.05) is 42.5 Å². The Labute approximate surface area is 153 Å². The molecule has 1 amide bonds. The first-order chi connectivity index (χ1) is 12.7. The van der Waals surface area contributed by atoms with Gasteiger partial charge in [0.25, 0.3) is 0 Å². The minimum absolute atomic E-state index is 0.0776. The van der Waals surface area contributed by atoms with Gasteiger partial charge >= 0.3 is 0 Å². The zero-order chi connectivity index (χ0) is 17.9. The van der Waals surface area contributed by atoms with Crippen molar-refractivity contribution in [2.24, 2.45) is 11.8 Å². The van der Waals surface area contributed by atoms with Crippen molar-refractivity contribution in [2.45, 2.75) is 43.9 Å². The first-order valence-corrected chi connectivity index (χ1v) is 9.47. The molecule has 1 saturated carbocycles. The van der Waals surface area contributed by atoms with Gasteiger partial charge in [0.15, 0.2) is 0 Å². The maximum absolute atomic E-state index is 12.3. The number of rotatable bonds is 7. The topological polar surface area (TPSA) is 64.6 Å². The van der Waals surface area contributed by atoms with Gasteiger partial charge in [-0.3, -0.25) is 9.59 Å². The minimum Gasteiger partial charge on any atom is -0.373 e. The summed E-state index contributed by atoms with van der Waals surface area (Å²) in [6.07, 6.45) is 6.55. The normalized spacial score (nSPS) is 30.5. The summed E-state index contributed by atoms with van der Waals surface area (Å²) in [7, 11) is 0. The molecule has 0 unspecified atom stereocenters. The van der Waals surface area contributed by atoms with Gasteiger partial charge in [0.1, 0.15) is 11.9 Å². The molecular weight excluding hydrogens is 330 g/mol. The van der Waals surface area contributed by atoms with Gasteiger partial charge in [-0.05, 0) is 18.4 Å². The number of benzene rings is 1. The summed E-state index contributed by atoms with van der Waals surface area (Å²) in [5.74, 6) is 0.582. The highest BCUT2D eigenvalue weighted by Gasteiger charge is 2.49. The monoisotopic (exact) mass is 355 g/mol. The number of ether oxygens (including phenoxy) is 2. The number of hydrogen-bond donors (Lipinski definition) is 1. The lowest BCUT2D eigenvalue weighted by Gasteiger charge is -2.17. The molecule has 3 aliphatic rings. The van der Waals surface area contributed by atoms with Crippen molar-refractivity contribution < 1.29 is 19.1 Å². The average Bonchev–Trinajstić information content (AvgIpc) is 3.32. The molecular formula is C21H25NO4. The predicted octanol–water partition coefficient (Wildman–Crippen LogP) is 2.36. The van der Waals surface area contributed by atoms with Crippen LogP contribution in [0.3, 0.4) is 0 Å². The van der Waals surface area contributed by atoms with E-state index in [-0.39, 0.29) is 41.8 Å². The molecule has 1 aliphatic carbocycles. The Morgan fingerprint density at radius 3 is 2.62 bits per heavy atom. The van der Waals surface area contributed by atoms with Crippen LogP contribution in [0.1, 0.15) is 31.2 Å². The Morgan fingerprint density at radius 2 is 1.85 bits per heavy atom. The fraction of sp³-hybridized carbons (Fsp3) is 0.524. The molecule has 138 valence electrons. The fourth-order valence-corrected chi connectivity index (χ4v) is 3.79. The molecule has 0 radical (unpaired) electrons. The second-order valence-electron chi connectivity index (χ2n) is 7.51. The van der Waals surface area contributed by atoms with E-state index in [9.17, 15) is 9.59 Å². The van der Waals surface area contributed by atoms with E-state index < -0.39 is 0 Å². The van der Waals surface area contributed by atoms with Crippen LogP contribution in [-0.4, -0.2) is 43.2 Å². The smallest absolute Gasteiger partial charge is 0.223 e. The van der Waals surface area contributed by atoms with Crippen LogP contribution in [-0.2, 0) is 19.1 Å². The third-order valence-corrected chi connectivity index (χ3v) is 5.38. The van der Waals surface area contributed by atoms with Crippen LogP contribution in [0.25, 0.3) is 6.08 Å². The van der Waals surface area contributed by atoms with Gasteiger partial charge in [-0.25, -0.2) is 0 Å². The summed E-state index contributed by atoms with van der Waals surface area (Å²) in [5, 5.41) is 3.05. The van der Waals surface area contributed by atoms with Gasteiger partial charge in [-0.15, -0.1) is 0 Å². The van der Waals surface area contributed by atoms with Gasteiger partial charge in [0.05, 0.1) is 25.4 Å². The summed E-state index contributed by atoms with van der Waals surface area (Å²) in [6, 6.07) is 9.88. The van der Waals surface area contributed by atoms with E-state index in [0.717, 1.165) is 18.4 Å². The molecule has 0 spiro atoms. The van der Waals surface area contributed by atoms with E-state index in [1.807, 2.05) is 42.5 Å². The third-order valence-electron chi connectivity index (χ3n) is 5.38. The fourth-order valence-electron chi connectivity index (χ4n) is 3.79. The molecule has 1 aromatic rings. The van der Waals surface area contributed by atoms with Crippen LogP contribution >= 0.6 is 0 Å². The molecule has 2 saturated heterocycles. The number of fused-ring (bicyclic) bond motifs is 1. The predicted molar refractivity (Wildman–Crippen MR) is 97.3 cm³/mol. The van der Waals surface area contributed by atoms with Crippen molar-refractivity contribution in [1.29, 1.82) is 0 Å². The minimum atomic E-state index is -0.115. The zero-order valence-electron chi connectivity index (χ0n) is 14.8. The maximum atomic E-state index is 12.3. The molecule has 2 aliphatic heterocycles. The molecule has 5 nitrogen and oxygen atoms in total. The molecule has 1 N–H and O–H groups in total. The van der Waals surface area contributed by atoms with E-state index >= 15 is 0 Å². The van der Waals surface area contributed by atoms with E-state index in [1.54, 1.807) is 0 Å². The Morgan fingerprint density at radius 1 is 1.08 bits per heavy atom. The van der Waals surface area contributed by atoms with Crippen LogP contribution in [0.5, 0.6) is 0 Å². The highest BCUT2D eigenvalue weighted by atomic mass is 16.6. The molecule has 0 bridgehead atoms. The van der Waals surface area contributed by atoms with Crippen molar-refractivity contribution in [3.05, 3.63) is 42.0 Å². The summed E-state index contributed by atoms with van der Waals surface area (Å²) in [6.45, 7) is 1.01. The zero-order valence-corrected chi connectivity index (χ0v) is 14.8. The van der Waals surface area contributed by atoms with Crippen LogP contribution in [0.15, 0.2) is 36.4 Å². The van der Waals surface area contributed by atoms with Gasteiger partial charge in [0.2, 0.25) is 5.91 Å². The Hall–Kier alpha value is -1.98. The SMILES string of the molecule is O=C(C/C=C/c1ccccc1)C[C@H]1CO[C@H]2[C@@H]1OC[C@@H]2NC(=O)C1CC1. The summed E-state index contributed by atoms with van der Waals surface area (Å²) in [5.41, 5.74) is 1.10. The van der Waals surface area contributed by atoms with Crippen LogP contribution in [0, 0.1) is 11.8 Å². The Balaban J connectivity index is 1.25. The summed E-state index contributed by atoms with van der Waals surface area (Å²) >= 11 is 0. The summed E-state index contributed by atoms with van der Waals surface area (Å²) in [4.78, 5) is 24.3. The van der Waals surface area contributed by atoms with E-state index in [1.165, 1.54) is 0 Å². The largest absolute Gasteiger partial charge is 0.373 e. The number of ketones is 1. The second kappa shape index (κ2) is 7.72. The number of carbonyl (C=O) groups excluding carboxylic acids is 2. The molecule has 0 aromatic heterocycles. The lowest BCUT2D eigenvalue weighted by atomic mass is 9.94. The third kappa shape index (κ3) is 4.05. The Kier molecular flexibility index (Phi) is 5.18. The number of Topliss-reactive ketones (excluding diaryl/α,β-unsaturated/α-hetero) is 1. The number of allylic oxidation sites excluding steroid dienone is 1. The number of hydrogen-bond acceptors (Lipinski definition) is 4. The first kappa shape index (κ1) is 17.4. The molecule has 4 atom stereocenters. The van der Waals surface area contributed by atoms with Crippen LogP contribution < -0.4 is 5.32 Å². The average molecular weight is 355 g/mol. The highest BCUT2D eigenvalue weighted by molar-refractivity contribution is 5.81. The Bertz CT molecular complexity index is 683. The second-order valence-corrected chi connectivity index (χ2v) is 7.51.